The van der Waals surface area contributed by atoms with Crippen LogP contribution in [0.5, 0.6) is 0 Å². The van der Waals surface area contributed by atoms with Crippen LogP contribution in [0.4, 0.5) is 0 Å². The van der Waals surface area contributed by atoms with Crippen LogP contribution in [-0.4, -0.2) is 17.7 Å². The first-order chi connectivity index (χ1) is 7.81. The quantitative estimate of drug-likeness (QED) is 0.822. The summed E-state index contributed by atoms with van der Waals surface area (Å²) in [6, 6.07) is 6.74. The first-order valence-electron chi connectivity index (χ1n) is 6.36. The molecule has 0 aliphatic rings. The monoisotopic (exact) mass is 235 g/mol. The van der Waals surface area contributed by atoms with Gasteiger partial charge in [-0.1, -0.05) is 43.2 Å². The number of rotatable bonds is 5. The van der Waals surface area contributed by atoms with E-state index in [-0.39, 0.29) is 0 Å². The number of hydrogen-bond acceptors (Lipinski definition) is 2. The van der Waals surface area contributed by atoms with E-state index in [1.54, 1.807) is 0 Å². The molecule has 0 bridgehead atoms. The van der Waals surface area contributed by atoms with Crippen molar-refractivity contribution >= 4 is 0 Å². The first kappa shape index (κ1) is 14.2. The maximum Gasteiger partial charge on any atom is 0.0880 e. The Morgan fingerprint density at radius 3 is 2.18 bits per heavy atom. The summed E-state index contributed by atoms with van der Waals surface area (Å²) in [5.74, 6) is 0. The van der Waals surface area contributed by atoms with E-state index in [1.807, 2.05) is 6.92 Å². The fourth-order valence-electron chi connectivity index (χ4n) is 2.03. The van der Waals surface area contributed by atoms with Gasteiger partial charge in [0.25, 0.3) is 0 Å². The molecule has 0 radical (unpaired) electrons. The van der Waals surface area contributed by atoms with Crippen molar-refractivity contribution in [2.24, 2.45) is 0 Å². The van der Waals surface area contributed by atoms with Crippen LogP contribution in [0.25, 0.3) is 0 Å². The lowest BCUT2D eigenvalue weighted by molar-refractivity contribution is 0.0474. The van der Waals surface area contributed by atoms with Crippen LogP contribution < -0.4 is 5.32 Å². The average Bonchev–Trinajstić information content (AvgIpc) is 2.14. The molecule has 0 fully saturated rings. The zero-order valence-corrected chi connectivity index (χ0v) is 11.7. The molecule has 0 spiro atoms. The molecule has 0 aliphatic heterocycles. The van der Waals surface area contributed by atoms with E-state index in [4.69, 9.17) is 0 Å². The van der Waals surface area contributed by atoms with Gasteiger partial charge in [-0.2, -0.15) is 0 Å². The topological polar surface area (TPSA) is 32.3 Å². The molecule has 0 aliphatic carbocycles. The summed E-state index contributed by atoms with van der Waals surface area (Å²) in [6.07, 6.45) is 0.730. The number of hydrogen-bond donors (Lipinski definition) is 2. The Morgan fingerprint density at radius 2 is 1.71 bits per heavy atom. The molecule has 1 aromatic rings. The molecular weight excluding hydrogens is 210 g/mol. The van der Waals surface area contributed by atoms with E-state index in [2.05, 4.69) is 51.2 Å². The molecular formula is C15H25NO. The second kappa shape index (κ2) is 5.65. The van der Waals surface area contributed by atoms with Gasteiger partial charge in [0.05, 0.1) is 5.60 Å². The SMILES string of the molecule is Cc1cc(C)cc(C(C)(O)CCNC(C)C)c1. The van der Waals surface area contributed by atoms with Crippen LogP contribution in [0.3, 0.4) is 0 Å². The predicted molar refractivity (Wildman–Crippen MR) is 73.2 cm³/mol. The fourth-order valence-corrected chi connectivity index (χ4v) is 2.03. The predicted octanol–water partition coefficient (Wildman–Crippen LogP) is 2.90. The molecule has 1 unspecified atom stereocenters. The van der Waals surface area contributed by atoms with Gasteiger partial charge in [-0.3, -0.25) is 0 Å². The summed E-state index contributed by atoms with van der Waals surface area (Å²) in [5, 5.41) is 13.8. The Labute approximate surface area is 105 Å². The third-order valence-corrected chi connectivity index (χ3v) is 3.01. The first-order valence-corrected chi connectivity index (χ1v) is 6.36. The number of aliphatic hydroxyl groups is 1. The van der Waals surface area contributed by atoms with E-state index in [9.17, 15) is 5.11 Å². The number of nitrogens with one attached hydrogen (secondary N) is 1. The molecule has 1 rings (SSSR count). The van der Waals surface area contributed by atoms with Gasteiger partial charge in [-0.05, 0) is 39.3 Å². The maximum absolute atomic E-state index is 10.5. The molecule has 1 aromatic carbocycles. The van der Waals surface area contributed by atoms with E-state index in [0.29, 0.717) is 6.04 Å². The Bertz CT molecular complexity index is 349. The molecule has 0 amide bonds. The molecule has 2 nitrogen and oxygen atoms in total. The minimum Gasteiger partial charge on any atom is -0.385 e. The lowest BCUT2D eigenvalue weighted by atomic mass is 9.90. The Morgan fingerprint density at radius 1 is 1.18 bits per heavy atom. The molecule has 2 N–H and O–H groups in total. The third kappa shape index (κ3) is 4.49. The van der Waals surface area contributed by atoms with Crippen LogP contribution in [0.1, 0.15) is 43.9 Å². The second-order valence-corrected chi connectivity index (χ2v) is 5.51. The molecule has 17 heavy (non-hydrogen) atoms. The highest BCUT2D eigenvalue weighted by molar-refractivity contribution is 5.32. The zero-order chi connectivity index (χ0) is 13.1. The van der Waals surface area contributed by atoms with Crippen molar-refractivity contribution < 1.29 is 5.11 Å². The van der Waals surface area contributed by atoms with Gasteiger partial charge >= 0.3 is 0 Å². The van der Waals surface area contributed by atoms with Gasteiger partial charge in [0.1, 0.15) is 0 Å². The van der Waals surface area contributed by atoms with Crippen molar-refractivity contribution in [3.8, 4) is 0 Å². The van der Waals surface area contributed by atoms with Crippen molar-refractivity contribution in [1.29, 1.82) is 0 Å². The molecule has 1 atom stereocenters. The van der Waals surface area contributed by atoms with Crippen molar-refractivity contribution in [2.75, 3.05) is 6.54 Å². The molecule has 0 saturated heterocycles. The molecule has 0 heterocycles. The van der Waals surface area contributed by atoms with Crippen LogP contribution in [0.15, 0.2) is 18.2 Å². The highest BCUT2D eigenvalue weighted by Crippen LogP contribution is 2.25. The summed E-state index contributed by atoms with van der Waals surface area (Å²) in [5.41, 5.74) is 2.67. The number of benzene rings is 1. The smallest absolute Gasteiger partial charge is 0.0880 e. The zero-order valence-electron chi connectivity index (χ0n) is 11.7. The molecule has 96 valence electrons. The minimum absolute atomic E-state index is 0.463. The summed E-state index contributed by atoms with van der Waals surface area (Å²) < 4.78 is 0. The number of aryl methyl sites for hydroxylation is 2. The van der Waals surface area contributed by atoms with Crippen molar-refractivity contribution in [1.82, 2.24) is 5.32 Å². The average molecular weight is 235 g/mol. The van der Waals surface area contributed by atoms with E-state index < -0.39 is 5.60 Å². The molecule has 0 saturated carbocycles. The summed E-state index contributed by atoms with van der Waals surface area (Å²) in [4.78, 5) is 0. The van der Waals surface area contributed by atoms with Crippen molar-refractivity contribution in [2.45, 2.75) is 52.7 Å². The van der Waals surface area contributed by atoms with Gasteiger partial charge in [0.2, 0.25) is 0 Å². The van der Waals surface area contributed by atoms with E-state index in [0.717, 1.165) is 18.5 Å². The molecule has 0 aromatic heterocycles. The van der Waals surface area contributed by atoms with Crippen molar-refractivity contribution in [3.63, 3.8) is 0 Å². The fraction of sp³-hybridized carbons (Fsp3) is 0.600. The second-order valence-electron chi connectivity index (χ2n) is 5.51. The molecule has 2 heteroatoms. The van der Waals surface area contributed by atoms with Crippen LogP contribution in [-0.2, 0) is 5.60 Å². The van der Waals surface area contributed by atoms with Gasteiger partial charge in [-0.25, -0.2) is 0 Å². The van der Waals surface area contributed by atoms with Gasteiger partial charge < -0.3 is 10.4 Å². The third-order valence-electron chi connectivity index (χ3n) is 3.01. The van der Waals surface area contributed by atoms with Gasteiger partial charge in [0, 0.05) is 6.04 Å². The summed E-state index contributed by atoms with van der Waals surface area (Å²) in [7, 11) is 0. The largest absolute Gasteiger partial charge is 0.385 e. The lowest BCUT2D eigenvalue weighted by Gasteiger charge is -2.25. The Kier molecular flexibility index (Phi) is 4.72. The highest BCUT2D eigenvalue weighted by Gasteiger charge is 2.22. The minimum atomic E-state index is -0.751. The van der Waals surface area contributed by atoms with Crippen molar-refractivity contribution in [3.05, 3.63) is 34.9 Å². The maximum atomic E-state index is 10.5. The standard InChI is InChI=1S/C15H25NO/c1-11(2)16-7-6-15(5,17)14-9-12(3)8-13(4)10-14/h8-11,16-17H,6-7H2,1-5H3. The summed E-state index contributed by atoms with van der Waals surface area (Å²) >= 11 is 0. The van der Waals surface area contributed by atoms with E-state index in [1.165, 1.54) is 11.1 Å². The van der Waals surface area contributed by atoms with Crippen LogP contribution in [0, 0.1) is 13.8 Å². The van der Waals surface area contributed by atoms with E-state index >= 15 is 0 Å². The lowest BCUT2D eigenvalue weighted by Crippen LogP contribution is -2.31. The highest BCUT2D eigenvalue weighted by atomic mass is 16.3. The van der Waals surface area contributed by atoms with Gasteiger partial charge in [-0.15, -0.1) is 0 Å². The van der Waals surface area contributed by atoms with Crippen LogP contribution >= 0.6 is 0 Å². The van der Waals surface area contributed by atoms with Gasteiger partial charge in [0.15, 0.2) is 0 Å². The normalized spacial score (nSPS) is 15.0. The summed E-state index contributed by atoms with van der Waals surface area (Å²) in [6.45, 7) is 11.1. The van der Waals surface area contributed by atoms with Crippen LogP contribution in [0.2, 0.25) is 0 Å². The Balaban J connectivity index is 2.74. The Hall–Kier alpha value is -0.860.